The number of sulfonamides is 1. The quantitative estimate of drug-likeness (QED) is 0.599. The van der Waals surface area contributed by atoms with E-state index >= 15 is 0 Å². The Morgan fingerprint density at radius 2 is 1.88 bits per heavy atom. The van der Waals surface area contributed by atoms with Crippen molar-refractivity contribution in [2.45, 2.75) is 23.8 Å². The normalized spacial score (nSPS) is 22.1. The van der Waals surface area contributed by atoms with E-state index in [1.165, 1.54) is 18.2 Å². The van der Waals surface area contributed by atoms with Crippen molar-refractivity contribution < 1.29 is 18.1 Å². The zero-order valence-corrected chi connectivity index (χ0v) is 14.4. The number of carbonyl (C=O) groups excluding carboxylic acids is 1. The number of para-hydroxylation sites is 1. The van der Waals surface area contributed by atoms with Crippen molar-refractivity contribution in [1.29, 1.82) is 0 Å². The first-order chi connectivity index (χ1) is 11.9. The van der Waals surface area contributed by atoms with Crippen molar-refractivity contribution in [1.82, 2.24) is 14.5 Å². The van der Waals surface area contributed by atoms with E-state index in [1.807, 2.05) is 0 Å². The fraction of sp³-hybridized carbons (Fsp3) is 0.533. The third kappa shape index (κ3) is 3.37. The van der Waals surface area contributed by atoms with Gasteiger partial charge in [-0.3, -0.25) is 14.9 Å². The molecule has 1 aromatic rings. The molecule has 2 aliphatic heterocycles. The van der Waals surface area contributed by atoms with E-state index in [0.29, 0.717) is 39.0 Å². The summed E-state index contributed by atoms with van der Waals surface area (Å²) in [5, 5.41) is 14.3. The highest BCUT2D eigenvalue weighted by Gasteiger charge is 2.43. The minimum atomic E-state index is -4.12. The smallest absolute Gasteiger partial charge is 0.289 e. The van der Waals surface area contributed by atoms with Crippen LogP contribution in [-0.4, -0.2) is 67.2 Å². The lowest BCUT2D eigenvalue weighted by Crippen LogP contribution is -2.53. The molecule has 0 radical (unpaired) electrons. The highest BCUT2D eigenvalue weighted by molar-refractivity contribution is 7.89. The van der Waals surface area contributed by atoms with Crippen LogP contribution in [0.2, 0.25) is 0 Å². The number of amides is 1. The summed E-state index contributed by atoms with van der Waals surface area (Å²) in [4.78, 5) is 24.5. The average Bonchev–Trinajstić information content (AvgIpc) is 3.12. The predicted molar refractivity (Wildman–Crippen MR) is 89.5 cm³/mol. The monoisotopic (exact) mass is 368 g/mol. The summed E-state index contributed by atoms with van der Waals surface area (Å²) in [5.74, 6) is -0.221. The van der Waals surface area contributed by atoms with Gasteiger partial charge in [0.15, 0.2) is 4.90 Å². The molecule has 0 aliphatic carbocycles. The average molecular weight is 368 g/mol. The Kier molecular flexibility index (Phi) is 5.02. The standard InChI is InChI=1S/C15H20N4O5S/c20-15(17-10-7-16-8-11-17)13-5-3-9-18(13)25(23,24)14-6-2-1-4-12(14)19(21)22/h1-2,4,6,13,16H,3,5,7-11H2. The molecule has 1 N–H and O–H groups in total. The SMILES string of the molecule is O=C(C1CCCN1S(=O)(=O)c1ccccc1[N+](=O)[O-])N1CCNCC1. The number of nitrogens with zero attached hydrogens (tertiary/aromatic N) is 3. The second-order valence-electron chi connectivity index (χ2n) is 6.07. The van der Waals surface area contributed by atoms with Crippen molar-refractivity contribution in [3.8, 4) is 0 Å². The van der Waals surface area contributed by atoms with Gasteiger partial charge in [0, 0.05) is 38.8 Å². The van der Waals surface area contributed by atoms with Gasteiger partial charge in [0.25, 0.3) is 15.7 Å². The highest BCUT2D eigenvalue weighted by Crippen LogP contribution is 2.31. The van der Waals surface area contributed by atoms with Crippen molar-refractivity contribution in [3.05, 3.63) is 34.4 Å². The number of carbonyl (C=O) groups is 1. The Balaban J connectivity index is 1.91. The van der Waals surface area contributed by atoms with Gasteiger partial charge in [-0.05, 0) is 18.9 Å². The Morgan fingerprint density at radius 3 is 2.56 bits per heavy atom. The van der Waals surface area contributed by atoms with Crippen LogP contribution in [0, 0.1) is 10.1 Å². The fourth-order valence-electron chi connectivity index (χ4n) is 3.32. The van der Waals surface area contributed by atoms with E-state index < -0.39 is 26.7 Å². The highest BCUT2D eigenvalue weighted by atomic mass is 32.2. The molecule has 1 aromatic carbocycles. The van der Waals surface area contributed by atoms with Gasteiger partial charge in [-0.15, -0.1) is 0 Å². The van der Waals surface area contributed by atoms with Crippen molar-refractivity contribution in [3.63, 3.8) is 0 Å². The van der Waals surface area contributed by atoms with E-state index in [0.717, 1.165) is 10.4 Å². The maximum absolute atomic E-state index is 13.0. The van der Waals surface area contributed by atoms with Crippen LogP contribution < -0.4 is 5.32 Å². The van der Waals surface area contributed by atoms with Crippen LogP contribution in [0.1, 0.15) is 12.8 Å². The van der Waals surface area contributed by atoms with E-state index in [4.69, 9.17) is 0 Å². The Labute approximate surface area is 145 Å². The van der Waals surface area contributed by atoms with E-state index in [2.05, 4.69) is 5.32 Å². The van der Waals surface area contributed by atoms with Gasteiger partial charge >= 0.3 is 0 Å². The molecule has 10 heteroatoms. The molecular weight excluding hydrogens is 348 g/mol. The molecule has 2 fully saturated rings. The summed E-state index contributed by atoms with van der Waals surface area (Å²) in [6, 6.07) is 4.46. The number of benzene rings is 1. The Hall–Kier alpha value is -2.04. The van der Waals surface area contributed by atoms with Crippen molar-refractivity contribution in [2.24, 2.45) is 0 Å². The second-order valence-corrected chi connectivity index (χ2v) is 7.93. The second kappa shape index (κ2) is 7.06. The maximum atomic E-state index is 13.0. The molecule has 136 valence electrons. The first-order valence-corrected chi connectivity index (χ1v) is 9.61. The van der Waals surface area contributed by atoms with Crippen molar-refractivity contribution >= 4 is 21.6 Å². The van der Waals surface area contributed by atoms with Gasteiger partial charge in [-0.2, -0.15) is 4.31 Å². The fourth-order valence-corrected chi connectivity index (χ4v) is 5.13. The molecule has 0 saturated carbocycles. The minimum absolute atomic E-state index is 0.191. The van der Waals surface area contributed by atoms with Crippen LogP contribution in [0.15, 0.2) is 29.2 Å². The van der Waals surface area contributed by atoms with Crippen LogP contribution in [0.5, 0.6) is 0 Å². The Bertz CT molecular complexity index is 776. The van der Waals surface area contributed by atoms with Gasteiger partial charge < -0.3 is 10.2 Å². The zero-order valence-electron chi connectivity index (χ0n) is 13.6. The molecule has 0 spiro atoms. The molecule has 9 nitrogen and oxygen atoms in total. The maximum Gasteiger partial charge on any atom is 0.289 e. The van der Waals surface area contributed by atoms with Gasteiger partial charge in [0.1, 0.15) is 6.04 Å². The largest absolute Gasteiger partial charge is 0.339 e. The molecule has 1 atom stereocenters. The topological polar surface area (TPSA) is 113 Å². The lowest BCUT2D eigenvalue weighted by molar-refractivity contribution is -0.387. The van der Waals surface area contributed by atoms with E-state index in [-0.39, 0.29) is 17.3 Å². The van der Waals surface area contributed by atoms with Crippen LogP contribution in [0.3, 0.4) is 0 Å². The lowest BCUT2D eigenvalue weighted by Gasteiger charge is -2.32. The summed E-state index contributed by atoms with van der Waals surface area (Å²) in [6.45, 7) is 2.62. The van der Waals surface area contributed by atoms with Crippen LogP contribution in [-0.2, 0) is 14.8 Å². The van der Waals surface area contributed by atoms with Crippen LogP contribution >= 0.6 is 0 Å². The molecule has 2 aliphatic rings. The summed E-state index contributed by atoms with van der Waals surface area (Å²) >= 11 is 0. The molecule has 3 rings (SSSR count). The van der Waals surface area contributed by atoms with E-state index in [9.17, 15) is 23.3 Å². The number of rotatable bonds is 4. The summed E-state index contributed by atoms with van der Waals surface area (Å²) in [6.07, 6.45) is 0.991. The van der Waals surface area contributed by atoms with Gasteiger partial charge in [0.2, 0.25) is 5.91 Å². The molecule has 2 heterocycles. The molecule has 0 aromatic heterocycles. The number of nitro groups is 1. The number of piperazine rings is 1. The van der Waals surface area contributed by atoms with Gasteiger partial charge in [-0.25, -0.2) is 8.42 Å². The van der Waals surface area contributed by atoms with Gasteiger partial charge in [0.05, 0.1) is 4.92 Å². The minimum Gasteiger partial charge on any atom is -0.339 e. The number of hydrogen-bond acceptors (Lipinski definition) is 6. The number of hydrogen-bond donors (Lipinski definition) is 1. The van der Waals surface area contributed by atoms with E-state index in [1.54, 1.807) is 4.90 Å². The summed E-state index contributed by atoms with van der Waals surface area (Å²) in [7, 11) is -4.12. The predicted octanol–water partition coefficient (Wildman–Crippen LogP) is 0.180. The van der Waals surface area contributed by atoms with Crippen molar-refractivity contribution in [2.75, 3.05) is 32.7 Å². The van der Waals surface area contributed by atoms with Gasteiger partial charge in [-0.1, -0.05) is 12.1 Å². The van der Waals surface area contributed by atoms with Crippen LogP contribution in [0.25, 0.3) is 0 Å². The lowest BCUT2D eigenvalue weighted by atomic mass is 10.2. The summed E-state index contributed by atoms with van der Waals surface area (Å²) in [5.41, 5.74) is -0.470. The number of nitrogens with one attached hydrogen (secondary N) is 1. The zero-order chi connectivity index (χ0) is 18.0. The molecule has 2 saturated heterocycles. The first-order valence-electron chi connectivity index (χ1n) is 8.17. The molecule has 25 heavy (non-hydrogen) atoms. The Morgan fingerprint density at radius 1 is 1.20 bits per heavy atom. The third-order valence-corrected chi connectivity index (χ3v) is 6.52. The molecular formula is C15H20N4O5S. The molecule has 1 amide bonds. The number of nitro benzene ring substituents is 1. The van der Waals surface area contributed by atoms with Crippen LogP contribution in [0.4, 0.5) is 5.69 Å². The molecule has 0 bridgehead atoms. The first kappa shape index (κ1) is 17.8. The summed E-state index contributed by atoms with van der Waals surface area (Å²) < 4.78 is 27.1. The molecule has 1 unspecified atom stereocenters. The third-order valence-electron chi connectivity index (χ3n) is 4.57.